The molecule has 0 unspecified atom stereocenters. The van der Waals surface area contributed by atoms with Gasteiger partial charge in [0.2, 0.25) is 0 Å². The van der Waals surface area contributed by atoms with E-state index in [1.165, 1.54) is 57.1 Å². The first-order chi connectivity index (χ1) is 14.6. The number of rotatable bonds is 4. The number of hydrogen-bond donors (Lipinski definition) is 2. The van der Waals surface area contributed by atoms with E-state index in [1.807, 2.05) is 0 Å². The van der Waals surface area contributed by atoms with Gasteiger partial charge in [0, 0.05) is 11.4 Å². The van der Waals surface area contributed by atoms with E-state index in [4.69, 9.17) is 4.74 Å². The Balaban J connectivity index is 1.85. The molecule has 30 heavy (non-hydrogen) atoms. The fourth-order valence-corrected chi connectivity index (χ4v) is 3.40. The summed E-state index contributed by atoms with van der Waals surface area (Å²) in [5.74, 6) is -2.03. The molecule has 2 amide bonds. The van der Waals surface area contributed by atoms with Crippen LogP contribution >= 0.6 is 0 Å². The second-order valence-electron chi connectivity index (χ2n) is 7.55. The smallest absolute Gasteiger partial charge is 0.338 e. The van der Waals surface area contributed by atoms with Crippen molar-refractivity contribution in [3.05, 3.63) is 29.8 Å². The monoisotopic (exact) mass is 415 g/mol. The van der Waals surface area contributed by atoms with E-state index >= 15 is 0 Å². The van der Waals surface area contributed by atoms with Gasteiger partial charge in [-0.25, -0.2) is 10.2 Å². The number of carbonyl (C=O) groups is 3. The second-order valence-corrected chi connectivity index (χ2v) is 7.55. The molecule has 0 bridgehead atoms. The van der Waals surface area contributed by atoms with Gasteiger partial charge in [-0.3, -0.25) is 9.59 Å². The number of anilines is 1. The van der Waals surface area contributed by atoms with Crippen LogP contribution in [0.25, 0.3) is 0 Å². The van der Waals surface area contributed by atoms with E-state index in [-0.39, 0.29) is 0 Å². The number of esters is 1. The van der Waals surface area contributed by atoms with Gasteiger partial charge < -0.3 is 10.1 Å². The Kier molecular flexibility index (Phi) is 10.6. The SMILES string of the molecule is CCOC(=O)c1ccc(NC(=O)C(=O)NN=C2CCCCCCCCCCC2)cc1. The van der Waals surface area contributed by atoms with Crippen molar-refractivity contribution in [3.63, 3.8) is 0 Å². The predicted octanol–water partition coefficient (Wildman–Crippen LogP) is 4.58. The summed E-state index contributed by atoms with van der Waals surface area (Å²) < 4.78 is 4.92. The maximum atomic E-state index is 12.1. The minimum absolute atomic E-state index is 0.292. The molecule has 2 rings (SSSR count). The molecule has 1 aromatic rings. The van der Waals surface area contributed by atoms with E-state index < -0.39 is 17.8 Å². The Morgan fingerprint density at radius 3 is 1.90 bits per heavy atom. The molecule has 164 valence electrons. The van der Waals surface area contributed by atoms with Gasteiger partial charge in [-0.1, -0.05) is 44.9 Å². The van der Waals surface area contributed by atoms with Crippen LogP contribution in [0, 0.1) is 0 Å². The first-order valence-corrected chi connectivity index (χ1v) is 11.0. The van der Waals surface area contributed by atoms with E-state index in [0.717, 1.165) is 31.4 Å². The van der Waals surface area contributed by atoms with Crippen molar-refractivity contribution in [2.75, 3.05) is 11.9 Å². The highest BCUT2D eigenvalue weighted by atomic mass is 16.5. The highest BCUT2D eigenvalue weighted by Crippen LogP contribution is 2.15. The molecule has 1 saturated carbocycles. The van der Waals surface area contributed by atoms with Crippen molar-refractivity contribution >= 4 is 29.2 Å². The van der Waals surface area contributed by atoms with Crippen LogP contribution in [0.4, 0.5) is 5.69 Å². The minimum Gasteiger partial charge on any atom is -0.462 e. The Morgan fingerprint density at radius 2 is 1.37 bits per heavy atom. The van der Waals surface area contributed by atoms with Crippen molar-refractivity contribution < 1.29 is 19.1 Å². The topological polar surface area (TPSA) is 96.9 Å². The molecule has 0 heterocycles. The number of hydrogen-bond acceptors (Lipinski definition) is 5. The van der Waals surface area contributed by atoms with Crippen molar-refractivity contribution in [3.8, 4) is 0 Å². The molecule has 1 fully saturated rings. The number of carbonyl (C=O) groups excluding carboxylic acids is 3. The van der Waals surface area contributed by atoms with Gasteiger partial charge in [0.25, 0.3) is 0 Å². The van der Waals surface area contributed by atoms with Gasteiger partial charge in [0.15, 0.2) is 0 Å². The molecule has 7 nitrogen and oxygen atoms in total. The van der Waals surface area contributed by atoms with Crippen molar-refractivity contribution in [1.82, 2.24) is 5.43 Å². The average Bonchev–Trinajstić information content (AvgIpc) is 2.73. The fraction of sp³-hybridized carbons (Fsp3) is 0.565. The van der Waals surface area contributed by atoms with Crippen molar-refractivity contribution in [2.24, 2.45) is 5.10 Å². The van der Waals surface area contributed by atoms with Crippen LogP contribution in [0.3, 0.4) is 0 Å². The fourth-order valence-electron chi connectivity index (χ4n) is 3.40. The summed E-state index contributed by atoms with van der Waals surface area (Å²) in [5.41, 5.74) is 4.15. The average molecular weight is 416 g/mol. The lowest BCUT2D eigenvalue weighted by atomic mass is 10.00. The molecule has 0 aromatic heterocycles. The maximum absolute atomic E-state index is 12.1. The zero-order valence-electron chi connectivity index (χ0n) is 17.9. The molecular weight excluding hydrogens is 382 g/mol. The molecule has 2 N–H and O–H groups in total. The molecule has 1 aliphatic carbocycles. The van der Waals surface area contributed by atoms with Crippen LogP contribution in [0.2, 0.25) is 0 Å². The van der Waals surface area contributed by atoms with Crippen LogP contribution in [0.5, 0.6) is 0 Å². The molecule has 0 atom stereocenters. The maximum Gasteiger partial charge on any atom is 0.338 e. The molecule has 1 aliphatic rings. The van der Waals surface area contributed by atoms with Crippen LogP contribution in [-0.2, 0) is 14.3 Å². The third-order valence-electron chi connectivity index (χ3n) is 5.11. The van der Waals surface area contributed by atoms with E-state index in [2.05, 4.69) is 15.8 Å². The van der Waals surface area contributed by atoms with E-state index in [9.17, 15) is 14.4 Å². The lowest BCUT2D eigenvalue weighted by Gasteiger charge is -2.10. The molecule has 0 radical (unpaired) electrons. The third kappa shape index (κ3) is 8.76. The predicted molar refractivity (Wildman–Crippen MR) is 117 cm³/mol. The van der Waals surface area contributed by atoms with Crippen molar-refractivity contribution in [2.45, 2.75) is 77.6 Å². The van der Waals surface area contributed by atoms with Crippen LogP contribution in [-0.4, -0.2) is 30.1 Å². The molecule has 0 saturated heterocycles. The summed E-state index contributed by atoms with van der Waals surface area (Å²) in [5, 5.41) is 6.74. The summed E-state index contributed by atoms with van der Waals surface area (Å²) in [6, 6.07) is 6.18. The quantitative estimate of drug-likeness (QED) is 0.427. The first kappa shape index (κ1) is 23.6. The van der Waals surface area contributed by atoms with Crippen LogP contribution in [0.15, 0.2) is 29.4 Å². The largest absolute Gasteiger partial charge is 0.462 e. The zero-order valence-corrected chi connectivity index (χ0v) is 17.9. The Bertz CT molecular complexity index is 714. The minimum atomic E-state index is -0.803. The molecule has 1 aromatic carbocycles. The molecule has 0 spiro atoms. The Morgan fingerprint density at radius 1 is 0.833 bits per heavy atom. The summed E-state index contributed by atoms with van der Waals surface area (Å²) in [6.45, 7) is 2.02. The summed E-state index contributed by atoms with van der Waals surface area (Å²) in [4.78, 5) is 35.9. The van der Waals surface area contributed by atoms with E-state index in [0.29, 0.717) is 17.9 Å². The second kappa shape index (κ2) is 13.5. The first-order valence-electron chi connectivity index (χ1n) is 11.0. The number of benzene rings is 1. The van der Waals surface area contributed by atoms with E-state index in [1.54, 1.807) is 19.1 Å². The molecule has 7 heteroatoms. The highest BCUT2D eigenvalue weighted by Gasteiger charge is 2.14. The lowest BCUT2D eigenvalue weighted by molar-refractivity contribution is -0.136. The van der Waals surface area contributed by atoms with Gasteiger partial charge in [0.05, 0.1) is 12.2 Å². The van der Waals surface area contributed by atoms with Gasteiger partial charge >= 0.3 is 17.8 Å². The number of nitrogens with one attached hydrogen (secondary N) is 2. The Labute approximate surface area is 178 Å². The number of amides is 2. The third-order valence-corrected chi connectivity index (χ3v) is 5.11. The van der Waals surface area contributed by atoms with Crippen LogP contribution < -0.4 is 10.7 Å². The highest BCUT2D eigenvalue weighted by molar-refractivity contribution is 6.39. The summed E-state index contributed by atoms with van der Waals surface area (Å²) in [7, 11) is 0. The number of hydrazone groups is 1. The Hall–Kier alpha value is -2.70. The summed E-state index contributed by atoms with van der Waals surface area (Å²) >= 11 is 0. The zero-order chi connectivity index (χ0) is 21.6. The summed E-state index contributed by atoms with van der Waals surface area (Å²) in [6.07, 6.45) is 12.6. The molecule has 0 aliphatic heterocycles. The standard InChI is InChI=1S/C23H33N3O4/c1-2-30-23(29)18-14-16-19(17-15-18)24-21(27)22(28)26-25-20-12-10-8-6-4-3-5-7-9-11-13-20/h14-17H,2-13H2,1H3,(H,24,27)(H,26,28). The van der Waals surface area contributed by atoms with Crippen molar-refractivity contribution in [1.29, 1.82) is 0 Å². The lowest BCUT2D eigenvalue weighted by Crippen LogP contribution is -2.33. The number of ether oxygens (including phenoxy) is 1. The van der Waals surface area contributed by atoms with Crippen LogP contribution in [0.1, 0.15) is 87.9 Å². The van der Waals surface area contributed by atoms with Gasteiger partial charge in [-0.05, 0) is 56.9 Å². The normalized spacial score (nSPS) is 15.8. The van der Waals surface area contributed by atoms with Gasteiger partial charge in [-0.2, -0.15) is 5.10 Å². The molecular formula is C23H33N3O4. The van der Waals surface area contributed by atoms with Gasteiger partial charge in [0.1, 0.15) is 0 Å². The van der Waals surface area contributed by atoms with Gasteiger partial charge in [-0.15, -0.1) is 0 Å². The number of nitrogens with zero attached hydrogens (tertiary/aromatic N) is 1.